The van der Waals surface area contributed by atoms with E-state index in [4.69, 9.17) is 9.47 Å². The number of nitrogens with one attached hydrogen (secondary N) is 2. The van der Waals surface area contributed by atoms with Gasteiger partial charge in [0.2, 0.25) is 12.7 Å². The summed E-state index contributed by atoms with van der Waals surface area (Å²) in [6.07, 6.45) is 0. The molecule has 0 aromatic heterocycles. The highest BCUT2D eigenvalue weighted by atomic mass is 16.7. The third-order valence-corrected chi connectivity index (χ3v) is 6.05. The van der Waals surface area contributed by atoms with Crippen molar-refractivity contribution in [3.05, 3.63) is 59.2 Å². The van der Waals surface area contributed by atoms with Crippen LogP contribution in [0.4, 0.5) is 4.79 Å². The largest absolute Gasteiger partial charge is 0.454 e. The Balaban J connectivity index is 1.44. The maximum Gasteiger partial charge on any atom is 0.326 e. The molecule has 1 fully saturated rings. The quantitative estimate of drug-likeness (QED) is 0.677. The molecule has 1 saturated heterocycles. The van der Waals surface area contributed by atoms with Crippen LogP contribution < -0.4 is 20.1 Å². The van der Waals surface area contributed by atoms with E-state index in [0.29, 0.717) is 23.0 Å². The first kappa shape index (κ1) is 21.7. The molecule has 4 amide bonds. The molecular formula is C24H27N3O5. The van der Waals surface area contributed by atoms with Crippen molar-refractivity contribution in [1.29, 1.82) is 0 Å². The number of urea groups is 1. The number of carbonyl (C=O) groups is 3. The number of imide groups is 1. The normalized spacial score (nSPS) is 20.5. The molecule has 32 heavy (non-hydrogen) atoms. The number of fused-ring (bicyclic) bond motifs is 1. The van der Waals surface area contributed by atoms with Crippen LogP contribution in [0.5, 0.6) is 11.5 Å². The molecule has 2 aliphatic rings. The van der Waals surface area contributed by atoms with Gasteiger partial charge < -0.3 is 20.1 Å². The lowest BCUT2D eigenvalue weighted by Crippen LogP contribution is -2.49. The molecule has 0 bridgehead atoms. The Morgan fingerprint density at radius 3 is 2.47 bits per heavy atom. The van der Waals surface area contributed by atoms with Crippen molar-refractivity contribution in [2.75, 3.05) is 6.79 Å². The van der Waals surface area contributed by atoms with E-state index in [-0.39, 0.29) is 13.3 Å². The van der Waals surface area contributed by atoms with Gasteiger partial charge in [-0.25, -0.2) is 9.69 Å². The standard InChI is InChI=1S/C24H27N3O5/c1-14(2)17-6-8-18(9-7-17)24(4)22(29)27(23(30)26-24)15(3)21(28)25-12-16-5-10-19-20(11-16)32-13-31-19/h5-11,14-15H,12-13H2,1-4H3,(H,25,28)(H,26,30)/t15-,24-/m1/s1. The topological polar surface area (TPSA) is 97.0 Å². The second-order valence-electron chi connectivity index (χ2n) is 8.59. The first-order valence-corrected chi connectivity index (χ1v) is 10.6. The minimum Gasteiger partial charge on any atom is -0.454 e. The van der Waals surface area contributed by atoms with E-state index in [0.717, 1.165) is 16.0 Å². The van der Waals surface area contributed by atoms with E-state index in [1.807, 2.05) is 30.3 Å². The first-order valence-electron chi connectivity index (χ1n) is 10.6. The molecule has 8 heteroatoms. The van der Waals surface area contributed by atoms with E-state index in [1.165, 1.54) is 0 Å². The van der Waals surface area contributed by atoms with Crippen LogP contribution in [0.3, 0.4) is 0 Å². The van der Waals surface area contributed by atoms with Crippen molar-refractivity contribution >= 4 is 17.8 Å². The lowest BCUT2D eigenvalue weighted by molar-refractivity contribution is -0.137. The van der Waals surface area contributed by atoms with Crippen LogP contribution in [-0.4, -0.2) is 35.6 Å². The highest BCUT2D eigenvalue weighted by Crippen LogP contribution is 2.33. The lowest BCUT2D eigenvalue weighted by atomic mass is 9.90. The average Bonchev–Trinajstić information content (AvgIpc) is 3.33. The Labute approximate surface area is 186 Å². The van der Waals surface area contributed by atoms with Gasteiger partial charge in [0.15, 0.2) is 11.5 Å². The molecule has 2 heterocycles. The second kappa shape index (κ2) is 8.18. The molecule has 0 spiro atoms. The molecule has 0 aliphatic carbocycles. The predicted molar refractivity (Wildman–Crippen MR) is 117 cm³/mol. The minimum absolute atomic E-state index is 0.174. The zero-order valence-electron chi connectivity index (χ0n) is 18.6. The summed E-state index contributed by atoms with van der Waals surface area (Å²) in [6, 6.07) is 11.4. The summed E-state index contributed by atoms with van der Waals surface area (Å²) in [5, 5.41) is 5.55. The van der Waals surface area contributed by atoms with Gasteiger partial charge in [0, 0.05) is 6.54 Å². The molecule has 8 nitrogen and oxygen atoms in total. The number of benzene rings is 2. The van der Waals surface area contributed by atoms with E-state index in [9.17, 15) is 14.4 Å². The molecule has 2 aromatic carbocycles. The van der Waals surface area contributed by atoms with Crippen LogP contribution in [0, 0.1) is 0 Å². The van der Waals surface area contributed by atoms with Crippen molar-refractivity contribution in [3.8, 4) is 11.5 Å². The fourth-order valence-electron chi connectivity index (χ4n) is 3.91. The Morgan fingerprint density at radius 1 is 1.09 bits per heavy atom. The molecule has 2 aromatic rings. The van der Waals surface area contributed by atoms with Crippen molar-refractivity contribution in [1.82, 2.24) is 15.5 Å². The number of rotatable bonds is 6. The summed E-state index contributed by atoms with van der Waals surface area (Å²) in [7, 11) is 0. The van der Waals surface area contributed by atoms with Crippen LogP contribution in [0.15, 0.2) is 42.5 Å². The van der Waals surface area contributed by atoms with Crippen molar-refractivity contribution in [3.63, 3.8) is 0 Å². The third-order valence-electron chi connectivity index (χ3n) is 6.05. The molecule has 2 aliphatic heterocycles. The van der Waals surface area contributed by atoms with Gasteiger partial charge in [-0.15, -0.1) is 0 Å². The Morgan fingerprint density at radius 2 is 1.78 bits per heavy atom. The van der Waals surface area contributed by atoms with E-state index in [1.54, 1.807) is 26.0 Å². The predicted octanol–water partition coefficient (Wildman–Crippen LogP) is 3.01. The van der Waals surface area contributed by atoms with E-state index < -0.39 is 29.4 Å². The van der Waals surface area contributed by atoms with E-state index in [2.05, 4.69) is 24.5 Å². The summed E-state index contributed by atoms with van der Waals surface area (Å²) in [6.45, 7) is 7.79. The number of hydrogen-bond acceptors (Lipinski definition) is 5. The number of hydrogen-bond donors (Lipinski definition) is 2. The molecule has 0 saturated carbocycles. The second-order valence-corrected chi connectivity index (χ2v) is 8.59. The molecule has 0 unspecified atom stereocenters. The Kier molecular flexibility index (Phi) is 5.54. The number of amides is 4. The number of ether oxygens (including phenoxy) is 2. The van der Waals surface area contributed by atoms with E-state index >= 15 is 0 Å². The van der Waals surface area contributed by atoms with Crippen LogP contribution in [0.2, 0.25) is 0 Å². The smallest absolute Gasteiger partial charge is 0.326 e. The fraction of sp³-hybridized carbons (Fsp3) is 0.375. The van der Waals surface area contributed by atoms with Crippen LogP contribution >= 0.6 is 0 Å². The average molecular weight is 437 g/mol. The van der Waals surface area contributed by atoms with Crippen LogP contribution in [0.1, 0.15) is 50.3 Å². The van der Waals surface area contributed by atoms with Gasteiger partial charge in [-0.05, 0) is 48.6 Å². The van der Waals surface area contributed by atoms with Crippen LogP contribution in [-0.2, 0) is 21.7 Å². The van der Waals surface area contributed by atoms with Gasteiger partial charge in [-0.2, -0.15) is 0 Å². The molecule has 2 N–H and O–H groups in total. The minimum atomic E-state index is -1.22. The molecule has 0 radical (unpaired) electrons. The zero-order valence-corrected chi connectivity index (χ0v) is 18.6. The SMILES string of the molecule is CC(C)c1ccc([C@@]2(C)NC(=O)N([C@H](C)C(=O)NCc3ccc4c(c3)OCO4)C2=O)cc1. The molecular weight excluding hydrogens is 410 g/mol. The lowest BCUT2D eigenvalue weighted by Gasteiger charge is -2.25. The zero-order chi connectivity index (χ0) is 23.0. The summed E-state index contributed by atoms with van der Waals surface area (Å²) in [4.78, 5) is 39.7. The van der Waals surface area contributed by atoms with Crippen molar-refractivity contribution in [2.24, 2.45) is 0 Å². The van der Waals surface area contributed by atoms with Gasteiger partial charge in [-0.3, -0.25) is 9.59 Å². The third kappa shape index (κ3) is 3.77. The van der Waals surface area contributed by atoms with Gasteiger partial charge in [-0.1, -0.05) is 44.2 Å². The molecule has 168 valence electrons. The number of nitrogens with zero attached hydrogens (tertiary/aromatic N) is 1. The van der Waals surface area contributed by atoms with Gasteiger partial charge in [0.1, 0.15) is 11.6 Å². The Hall–Kier alpha value is -3.55. The van der Waals surface area contributed by atoms with Crippen LogP contribution in [0.25, 0.3) is 0 Å². The maximum atomic E-state index is 13.2. The van der Waals surface area contributed by atoms with Gasteiger partial charge >= 0.3 is 6.03 Å². The Bertz CT molecular complexity index is 1070. The monoisotopic (exact) mass is 437 g/mol. The van der Waals surface area contributed by atoms with Gasteiger partial charge in [0.05, 0.1) is 0 Å². The summed E-state index contributed by atoms with van der Waals surface area (Å²) < 4.78 is 10.6. The summed E-state index contributed by atoms with van der Waals surface area (Å²) >= 11 is 0. The fourth-order valence-corrected chi connectivity index (χ4v) is 3.91. The first-order chi connectivity index (χ1) is 15.2. The summed E-state index contributed by atoms with van der Waals surface area (Å²) in [5.41, 5.74) is 1.42. The molecule has 2 atom stereocenters. The molecule has 4 rings (SSSR count). The highest BCUT2D eigenvalue weighted by molar-refractivity contribution is 6.09. The van der Waals surface area contributed by atoms with Gasteiger partial charge in [0.25, 0.3) is 5.91 Å². The summed E-state index contributed by atoms with van der Waals surface area (Å²) in [5.74, 6) is 0.762. The maximum absolute atomic E-state index is 13.2. The van der Waals surface area contributed by atoms with Crippen molar-refractivity contribution < 1.29 is 23.9 Å². The van der Waals surface area contributed by atoms with Crippen molar-refractivity contribution in [2.45, 2.75) is 51.7 Å². The highest BCUT2D eigenvalue weighted by Gasteiger charge is 2.51. The number of carbonyl (C=O) groups excluding carboxylic acids is 3.